The SMILES string of the molecule is CC1C(=O)C23CCC4C(C)(C)CCCC4(C)C2CCC1C3. The van der Waals surface area contributed by atoms with Gasteiger partial charge in [0, 0.05) is 11.3 Å². The van der Waals surface area contributed by atoms with E-state index in [-0.39, 0.29) is 5.41 Å². The van der Waals surface area contributed by atoms with E-state index in [1.807, 2.05) is 0 Å². The molecule has 0 aromatic heterocycles. The maximum absolute atomic E-state index is 13.1. The Labute approximate surface area is 130 Å². The molecule has 0 aromatic carbocycles. The van der Waals surface area contributed by atoms with Crippen LogP contribution >= 0.6 is 0 Å². The number of carbonyl (C=O) groups excluding carboxylic acids is 1. The molecule has 4 aliphatic carbocycles. The Morgan fingerprint density at radius 2 is 1.71 bits per heavy atom. The highest BCUT2D eigenvalue weighted by Gasteiger charge is 2.66. The molecule has 2 bridgehead atoms. The molecule has 0 saturated heterocycles. The van der Waals surface area contributed by atoms with Crippen molar-refractivity contribution in [3.63, 3.8) is 0 Å². The maximum Gasteiger partial charge on any atom is 0.142 e. The summed E-state index contributed by atoms with van der Waals surface area (Å²) >= 11 is 0. The molecule has 0 radical (unpaired) electrons. The molecule has 1 heteroatoms. The van der Waals surface area contributed by atoms with Gasteiger partial charge in [-0.1, -0.05) is 34.1 Å². The van der Waals surface area contributed by atoms with Crippen molar-refractivity contribution in [1.82, 2.24) is 0 Å². The Morgan fingerprint density at radius 1 is 0.952 bits per heavy atom. The predicted molar refractivity (Wildman–Crippen MR) is 85.9 cm³/mol. The van der Waals surface area contributed by atoms with Gasteiger partial charge in [-0.3, -0.25) is 4.79 Å². The van der Waals surface area contributed by atoms with E-state index < -0.39 is 0 Å². The lowest BCUT2D eigenvalue weighted by Crippen LogP contribution is -2.57. The number of ketones is 1. The fourth-order valence-corrected chi connectivity index (χ4v) is 7.80. The first-order chi connectivity index (χ1) is 9.81. The lowest BCUT2D eigenvalue weighted by atomic mass is 9.41. The van der Waals surface area contributed by atoms with Crippen LogP contribution in [-0.2, 0) is 4.79 Å². The molecule has 6 unspecified atom stereocenters. The molecule has 4 saturated carbocycles. The van der Waals surface area contributed by atoms with Crippen LogP contribution in [0.2, 0.25) is 0 Å². The van der Waals surface area contributed by atoms with Gasteiger partial charge in [-0.15, -0.1) is 0 Å². The van der Waals surface area contributed by atoms with Crippen molar-refractivity contribution in [2.45, 2.75) is 79.1 Å². The van der Waals surface area contributed by atoms with Crippen LogP contribution in [0.3, 0.4) is 0 Å². The quantitative estimate of drug-likeness (QED) is 0.596. The van der Waals surface area contributed by atoms with E-state index in [0.717, 1.165) is 5.92 Å². The summed E-state index contributed by atoms with van der Waals surface area (Å²) in [4.78, 5) is 13.1. The Kier molecular flexibility index (Phi) is 2.82. The molecule has 0 aromatic rings. The summed E-state index contributed by atoms with van der Waals surface area (Å²) in [5, 5.41) is 0. The summed E-state index contributed by atoms with van der Waals surface area (Å²) in [5.74, 6) is 3.27. The van der Waals surface area contributed by atoms with Crippen molar-refractivity contribution in [2.75, 3.05) is 0 Å². The van der Waals surface area contributed by atoms with E-state index in [9.17, 15) is 4.79 Å². The van der Waals surface area contributed by atoms with Gasteiger partial charge in [0.25, 0.3) is 0 Å². The summed E-state index contributed by atoms with van der Waals surface area (Å²) < 4.78 is 0. The monoisotopic (exact) mass is 288 g/mol. The van der Waals surface area contributed by atoms with Crippen LogP contribution in [-0.4, -0.2) is 5.78 Å². The van der Waals surface area contributed by atoms with Gasteiger partial charge in [0.05, 0.1) is 0 Å². The van der Waals surface area contributed by atoms with Crippen molar-refractivity contribution < 1.29 is 4.79 Å². The van der Waals surface area contributed by atoms with Crippen LogP contribution < -0.4 is 0 Å². The Balaban J connectivity index is 1.77. The summed E-state index contributed by atoms with van der Waals surface area (Å²) in [6, 6.07) is 0. The normalized spacial score (nSPS) is 55.0. The van der Waals surface area contributed by atoms with Gasteiger partial charge in [-0.2, -0.15) is 0 Å². The zero-order chi connectivity index (χ0) is 15.0. The first-order valence-corrected chi connectivity index (χ1v) is 9.36. The van der Waals surface area contributed by atoms with Crippen LogP contribution in [0.1, 0.15) is 79.1 Å². The standard InChI is InChI=1S/C20H32O/c1-13-14-6-7-16-19(4)10-5-9-18(2,3)15(19)8-11-20(16,12-14)17(13)21/h13-16H,5-12H2,1-4H3. The van der Waals surface area contributed by atoms with Crippen molar-refractivity contribution in [1.29, 1.82) is 0 Å². The highest BCUT2D eigenvalue weighted by Crippen LogP contribution is 2.71. The van der Waals surface area contributed by atoms with Crippen LogP contribution in [0.15, 0.2) is 0 Å². The molecule has 4 aliphatic rings. The molecule has 0 aliphatic heterocycles. The fraction of sp³-hybridized carbons (Fsp3) is 0.950. The summed E-state index contributed by atoms with van der Waals surface area (Å²) in [7, 11) is 0. The van der Waals surface area contributed by atoms with Crippen LogP contribution in [0.5, 0.6) is 0 Å². The van der Waals surface area contributed by atoms with Gasteiger partial charge in [-0.25, -0.2) is 0 Å². The van der Waals surface area contributed by atoms with Gasteiger partial charge in [-0.05, 0) is 73.5 Å². The van der Waals surface area contributed by atoms with Crippen molar-refractivity contribution in [3.05, 3.63) is 0 Å². The highest BCUT2D eigenvalue weighted by molar-refractivity contribution is 5.90. The summed E-state index contributed by atoms with van der Waals surface area (Å²) in [6.45, 7) is 9.79. The molecule has 118 valence electrons. The van der Waals surface area contributed by atoms with E-state index in [1.54, 1.807) is 0 Å². The van der Waals surface area contributed by atoms with Crippen molar-refractivity contribution in [3.8, 4) is 0 Å². The molecular formula is C20H32O. The maximum atomic E-state index is 13.1. The second-order valence-electron chi connectivity index (χ2n) is 9.84. The number of fused-ring (bicyclic) bond motifs is 3. The summed E-state index contributed by atoms with van der Waals surface area (Å²) in [6.07, 6.45) is 10.6. The van der Waals surface area contributed by atoms with Gasteiger partial charge in [0.15, 0.2) is 0 Å². The Bertz CT molecular complexity index is 478. The molecule has 0 heterocycles. The van der Waals surface area contributed by atoms with E-state index in [0.29, 0.717) is 34.4 Å². The zero-order valence-corrected chi connectivity index (χ0v) is 14.4. The third-order valence-corrected chi connectivity index (χ3v) is 8.68. The van der Waals surface area contributed by atoms with Crippen LogP contribution in [0, 0.1) is 39.9 Å². The van der Waals surface area contributed by atoms with Crippen molar-refractivity contribution in [2.24, 2.45) is 39.9 Å². The van der Waals surface area contributed by atoms with Crippen LogP contribution in [0.25, 0.3) is 0 Å². The highest BCUT2D eigenvalue weighted by atomic mass is 16.1. The lowest BCUT2D eigenvalue weighted by molar-refractivity contribution is -0.161. The fourth-order valence-electron chi connectivity index (χ4n) is 7.80. The second-order valence-corrected chi connectivity index (χ2v) is 9.84. The van der Waals surface area contributed by atoms with E-state index in [4.69, 9.17) is 0 Å². The van der Waals surface area contributed by atoms with Crippen molar-refractivity contribution >= 4 is 5.78 Å². The molecule has 1 nitrogen and oxygen atoms in total. The number of hydrogen-bond donors (Lipinski definition) is 0. The minimum atomic E-state index is 0.0982. The van der Waals surface area contributed by atoms with Gasteiger partial charge in [0.1, 0.15) is 5.78 Å². The first kappa shape index (κ1) is 14.3. The average Bonchev–Trinajstić information content (AvgIpc) is 2.59. The number of rotatable bonds is 0. The predicted octanol–water partition coefficient (Wildman–Crippen LogP) is 5.23. The molecule has 21 heavy (non-hydrogen) atoms. The molecule has 6 atom stereocenters. The largest absolute Gasteiger partial charge is 0.299 e. The number of carbonyl (C=O) groups is 1. The van der Waals surface area contributed by atoms with Gasteiger partial charge < -0.3 is 0 Å². The van der Waals surface area contributed by atoms with E-state index in [2.05, 4.69) is 27.7 Å². The minimum Gasteiger partial charge on any atom is -0.299 e. The number of hydrogen-bond acceptors (Lipinski definition) is 1. The van der Waals surface area contributed by atoms with Gasteiger partial charge >= 0.3 is 0 Å². The third-order valence-electron chi connectivity index (χ3n) is 8.68. The average molecular weight is 288 g/mol. The Morgan fingerprint density at radius 3 is 2.48 bits per heavy atom. The molecule has 0 N–H and O–H groups in total. The first-order valence-electron chi connectivity index (χ1n) is 9.36. The lowest BCUT2D eigenvalue weighted by Gasteiger charge is -2.63. The third kappa shape index (κ3) is 1.61. The zero-order valence-electron chi connectivity index (χ0n) is 14.4. The summed E-state index contributed by atoms with van der Waals surface area (Å²) in [5.41, 5.74) is 1.02. The van der Waals surface area contributed by atoms with Gasteiger partial charge in [0.2, 0.25) is 0 Å². The van der Waals surface area contributed by atoms with E-state index >= 15 is 0 Å². The van der Waals surface area contributed by atoms with Crippen LogP contribution in [0.4, 0.5) is 0 Å². The molecule has 4 rings (SSSR count). The topological polar surface area (TPSA) is 17.1 Å². The molecule has 0 amide bonds. The number of Topliss-reactive ketones (excluding diaryl/α,β-unsaturated/α-hetero) is 1. The smallest absolute Gasteiger partial charge is 0.142 e. The molecular weight excluding hydrogens is 256 g/mol. The van der Waals surface area contributed by atoms with E-state index in [1.165, 1.54) is 51.4 Å². The molecule has 1 spiro atoms. The second kappa shape index (κ2) is 4.15. The Hall–Kier alpha value is -0.330. The molecule has 4 fully saturated rings. The minimum absolute atomic E-state index is 0.0982.